The van der Waals surface area contributed by atoms with Crippen molar-refractivity contribution in [1.82, 2.24) is 4.98 Å². The number of halogens is 1. The molecule has 0 saturated heterocycles. The molecule has 0 bridgehead atoms. The van der Waals surface area contributed by atoms with Crippen molar-refractivity contribution in [2.24, 2.45) is 11.7 Å². The molecule has 1 amide bonds. The fourth-order valence-corrected chi connectivity index (χ4v) is 1.15. The van der Waals surface area contributed by atoms with E-state index in [1.54, 1.807) is 18.3 Å². The number of nitrogens with one attached hydrogen (secondary N) is 1. The van der Waals surface area contributed by atoms with Crippen molar-refractivity contribution < 1.29 is 4.79 Å². The summed E-state index contributed by atoms with van der Waals surface area (Å²) in [5, 5.41) is 2.99. The zero-order valence-corrected chi connectivity index (χ0v) is 9.45. The van der Waals surface area contributed by atoms with Crippen LogP contribution < -0.4 is 11.1 Å². The highest BCUT2D eigenvalue weighted by atomic mass is 35.5. The maximum atomic E-state index is 11.6. The second-order valence-corrected chi connectivity index (χ2v) is 4.00. The van der Waals surface area contributed by atoms with Crippen molar-refractivity contribution in [2.75, 3.05) is 5.32 Å². The largest absolute Gasteiger partial charge is 0.320 e. The molecule has 0 aliphatic heterocycles. The highest BCUT2D eigenvalue weighted by Gasteiger charge is 2.18. The summed E-state index contributed by atoms with van der Waals surface area (Å²) >= 11 is 5.83. The second kappa shape index (κ2) is 5.09. The summed E-state index contributed by atoms with van der Waals surface area (Å²) in [4.78, 5) is 15.5. The fraction of sp³-hybridized carbons (Fsp3) is 0.400. The van der Waals surface area contributed by atoms with Gasteiger partial charge in [0.2, 0.25) is 5.91 Å². The minimum Gasteiger partial charge on any atom is -0.320 e. The van der Waals surface area contributed by atoms with Crippen LogP contribution in [0.25, 0.3) is 0 Å². The fourth-order valence-electron chi connectivity index (χ4n) is 0.980. The number of carbonyl (C=O) groups is 1. The van der Waals surface area contributed by atoms with Gasteiger partial charge in [0.1, 0.15) is 0 Å². The number of carbonyl (C=O) groups excluding carboxylic acids is 1. The third-order valence-electron chi connectivity index (χ3n) is 2.02. The molecular weight excluding hydrogens is 214 g/mol. The molecule has 0 aromatic carbocycles. The van der Waals surface area contributed by atoms with Crippen LogP contribution in [0.4, 0.5) is 5.82 Å². The van der Waals surface area contributed by atoms with Gasteiger partial charge in [-0.05, 0) is 18.1 Å². The lowest BCUT2D eigenvalue weighted by molar-refractivity contribution is -0.118. The number of nitrogens with two attached hydrogens (primary N) is 1. The maximum Gasteiger partial charge on any atom is 0.242 e. The van der Waals surface area contributed by atoms with E-state index in [0.29, 0.717) is 10.8 Å². The van der Waals surface area contributed by atoms with E-state index in [4.69, 9.17) is 17.3 Å². The number of nitrogens with zero attached hydrogens (tertiary/aromatic N) is 1. The Kier molecular flexibility index (Phi) is 4.05. The lowest BCUT2D eigenvalue weighted by atomic mass is 10.1. The molecule has 5 heteroatoms. The van der Waals surface area contributed by atoms with Crippen LogP contribution in [0.5, 0.6) is 0 Å². The van der Waals surface area contributed by atoms with E-state index in [0.717, 1.165) is 0 Å². The van der Waals surface area contributed by atoms with Crippen molar-refractivity contribution in [3.8, 4) is 0 Å². The summed E-state index contributed by atoms with van der Waals surface area (Å²) in [5.41, 5.74) is 5.68. The molecule has 0 fully saturated rings. The number of hydrogen-bond acceptors (Lipinski definition) is 3. The predicted molar refractivity (Wildman–Crippen MR) is 60.7 cm³/mol. The Balaban J connectivity index is 2.71. The number of amides is 1. The van der Waals surface area contributed by atoms with E-state index < -0.39 is 6.04 Å². The summed E-state index contributed by atoms with van der Waals surface area (Å²) in [6.07, 6.45) is 1.56. The number of aromatic nitrogens is 1. The van der Waals surface area contributed by atoms with Gasteiger partial charge >= 0.3 is 0 Å². The molecule has 0 saturated carbocycles. The number of anilines is 1. The average molecular weight is 228 g/mol. The van der Waals surface area contributed by atoms with Crippen molar-refractivity contribution in [3.05, 3.63) is 23.4 Å². The van der Waals surface area contributed by atoms with Gasteiger partial charge in [0.05, 0.1) is 11.1 Å². The third-order valence-corrected chi connectivity index (χ3v) is 2.33. The molecular formula is C10H14ClN3O. The first-order valence-corrected chi connectivity index (χ1v) is 5.07. The quantitative estimate of drug-likeness (QED) is 0.825. The van der Waals surface area contributed by atoms with Gasteiger partial charge in [-0.1, -0.05) is 25.4 Å². The van der Waals surface area contributed by atoms with Crippen LogP contribution in [0, 0.1) is 5.92 Å². The Morgan fingerprint density at radius 2 is 2.27 bits per heavy atom. The lowest BCUT2D eigenvalue weighted by Gasteiger charge is -2.15. The summed E-state index contributed by atoms with van der Waals surface area (Å²) in [6.45, 7) is 3.76. The Morgan fingerprint density at radius 3 is 2.80 bits per heavy atom. The van der Waals surface area contributed by atoms with E-state index in [-0.39, 0.29) is 11.8 Å². The Labute approximate surface area is 93.8 Å². The molecule has 4 nitrogen and oxygen atoms in total. The smallest absolute Gasteiger partial charge is 0.242 e. The summed E-state index contributed by atoms with van der Waals surface area (Å²) in [6, 6.07) is 2.80. The molecule has 1 aromatic heterocycles. The normalized spacial score (nSPS) is 12.6. The summed E-state index contributed by atoms with van der Waals surface area (Å²) < 4.78 is 0. The minimum absolute atomic E-state index is 0.0764. The average Bonchev–Trinajstić information content (AvgIpc) is 2.20. The monoisotopic (exact) mass is 227 g/mol. The molecule has 1 aromatic rings. The zero-order chi connectivity index (χ0) is 11.4. The first kappa shape index (κ1) is 11.9. The highest BCUT2D eigenvalue weighted by Crippen LogP contribution is 2.17. The van der Waals surface area contributed by atoms with E-state index >= 15 is 0 Å². The Bertz CT molecular complexity index is 354. The van der Waals surface area contributed by atoms with Crippen LogP contribution in [0.15, 0.2) is 18.3 Å². The molecule has 1 atom stereocenters. The van der Waals surface area contributed by atoms with Gasteiger partial charge in [-0.25, -0.2) is 4.98 Å². The minimum atomic E-state index is -0.553. The van der Waals surface area contributed by atoms with E-state index in [2.05, 4.69) is 10.3 Å². The topological polar surface area (TPSA) is 68.0 Å². The van der Waals surface area contributed by atoms with Crippen molar-refractivity contribution in [1.29, 1.82) is 0 Å². The maximum absolute atomic E-state index is 11.6. The molecule has 3 N–H and O–H groups in total. The summed E-state index contributed by atoms with van der Waals surface area (Å²) in [5.74, 6) is 0.151. The van der Waals surface area contributed by atoms with Gasteiger partial charge in [-0.15, -0.1) is 0 Å². The molecule has 15 heavy (non-hydrogen) atoms. The van der Waals surface area contributed by atoms with E-state index in [9.17, 15) is 4.79 Å². The number of hydrogen-bond donors (Lipinski definition) is 2. The molecule has 0 aliphatic carbocycles. The van der Waals surface area contributed by atoms with Crippen LogP contribution in [0.3, 0.4) is 0 Å². The van der Waals surface area contributed by atoms with Crippen LogP contribution in [-0.2, 0) is 4.79 Å². The van der Waals surface area contributed by atoms with Gasteiger partial charge in [0, 0.05) is 6.20 Å². The van der Waals surface area contributed by atoms with Crippen molar-refractivity contribution in [3.63, 3.8) is 0 Å². The second-order valence-electron chi connectivity index (χ2n) is 3.59. The van der Waals surface area contributed by atoms with Gasteiger partial charge < -0.3 is 11.1 Å². The molecule has 0 spiro atoms. The number of rotatable bonds is 3. The van der Waals surface area contributed by atoms with Crippen LogP contribution >= 0.6 is 11.6 Å². The van der Waals surface area contributed by atoms with Crippen LogP contribution in [0.1, 0.15) is 13.8 Å². The first-order valence-electron chi connectivity index (χ1n) is 4.69. The molecule has 0 aliphatic rings. The lowest BCUT2D eigenvalue weighted by Crippen LogP contribution is -2.40. The predicted octanol–water partition coefficient (Wildman–Crippen LogP) is 1.66. The first-order chi connectivity index (χ1) is 7.02. The molecule has 1 rings (SSSR count). The summed E-state index contributed by atoms with van der Waals surface area (Å²) in [7, 11) is 0. The molecule has 1 heterocycles. The van der Waals surface area contributed by atoms with Gasteiger partial charge in [0.25, 0.3) is 0 Å². The molecule has 0 radical (unpaired) electrons. The van der Waals surface area contributed by atoms with Crippen LogP contribution in [0.2, 0.25) is 5.02 Å². The van der Waals surface area contributed by atoms with E-state index in [1.807, 2.05) is 13.8 Å². The standard InChI is InChI=1S/C10H14ClN3O/c1-6(2)8(12)10(15)14-9-7(11)4-3-5-13-9/h3-6,8H,12H2,1-2H3,(H,13,14,15)/t8-/m1/s1. The highest BCUT2D eigenvalue weighted by molar-refractivity contribution is 6.33. The molecule has 82 valence electrons. The van der Waals surface area contributed by atoms with E-state index in [1.165, 1.54) is 0 Å². The number of pyridine rings is 1. The molecule has 0 unspecified atom stereocenters. The van der Waals surface area contributed by atoms with Gasteiger partial charge in [-0.3, -0.25) is 4.79 Å². The SMILES string of the molecule is CC(C)[C@@H](N)C(=O)Nc1ncccc1Cl. The van der Waals surface area contributed by atoms with Gasteiger partial charge in [-0.2, -0.15) is 0 Å². The van der Waals surface area contributed by atoms with Crippen molar-refractivity contribution in [2.45, 2.75) is 19.9 Å². The Hall–Kier alpha value is -1.13. The van der Waals surface area contributed by atoms with Crippen LogP contribution in [-0.4, -0.2) is 16.9 Å². The Morgan fingerprint density at radius 1 is 1.60 bits per heavy atom. The third kappa shape index (κ3) is 3.18. The zero-order valence-electron chi connectivity index (χ0n) is 8.70. The van der Waals surface area contributed by atoms with Gasteiger partial charge in [0.15, 0.2) is 5.82 Å². The van der Waals surface area contributed by atoms with Crippen molar-refractivity contribution >= 4 is 23.3 Å².